The van der Waals surface area contributed by atoms with Gasteiger partial charge in [0.1, 0.15) is 5.60 Å². The second-order valence-electron chi connectivity index (χ2n) is 5.30. The second-order valence-corrected chi connectivity index (χ2v) is 5.30. The first kappa shape index (κ1) is 13.6. The van der Waals surface area contributed by atoms with Crippen LogP contribution in [-0.2, 0) is 9.53 Å². The van der Waals surface area contributed by atoms with E-state index in [4.69, 9.17) is 11.2 Å². The summed E-state index contributed by atoms with van der Waals surface area (Å²) >= 11 is 0. The quantitative estimate of drug-likeness (QED) is 0.589. The Hall–Kier alpha value is -1.50. The van der Waals surface area contributed by atoms with E-state index < -0.39 is 11.7 Å². The topological polar surface area (TPSA) is 55.4 Å². The smallest absolute Gasteiger partial charge is 0.407 e. The van der Waals surface area contributed by atoms with E-state index in [2.05, 4.69) is 11.2 Å². The Balaban J connectivity index is 2.54. The summed E-state index contributed by atoms with van der Waals surface area (Å²) in [6.45, 7) is 5.39. The predicted octanol–water partition coefficient (Wildman–Crippen LogP) is 1.88. The van der Waals surface area contributed by atoms with Crippen molar-refractivity contribution in [1.82, 2.24) is 5.32 Å². The van der Waals surface area contributed by atoms with Gasteiger partial charge in [-0.3, -0.25) is 4.79 Å². The third-order valence-corrected chi connectivity index (χ3v) is 2.70. The minimum absolute atomic E-state index is 0.187. The number of terminal acetylenes is 1. The Bertz CT molecular complexity index is 349. The molecule has 1 rings (SSSR count). The van der Waals surface area contributed by atoms with Gasteiger partial charge in [-0.1, -0.05) is 6.42 Å². The normalized spacial score (nSPS) is 23.9. The van der Waals surface area contributed by atoms with Crippen molar-refractivity contribution < 1.29 is 14.3 Å². The number of amides is 1. The highest BCUT2D eigenvalue weighted by Crippen LogP contribution is 2.26. The molecule has 0 aromatic rings. The van der Waals surface area contributed by atoms with Gasteiger partial charge in [0.15, 0.2) is 0 Å². The molecule has 17 heavy (non-hydrogen) atoms. The molecule has 2 atom stereocenters. The summed E-state index contributed by atoms with van der Waals surface area (Å²) in [5, 5.41) is 2.72. The van der Waals surface area contributed by atoms with Crippen molar-refractivity contribution in [2.24, 2.45) is 5.92 Å². The number of carbonyl (C=O) groups is 2. The number of ether oxygens (including phenoxy) is 1. The largest absolute Gasteiger partial charge is 0.444 e. The lowest BCUT2D eigenvalue weighted by Gasteiger charge is -2.23. The van der Waals surface area contributed by atoms with E-state index >= 15 is 0 Å². The molecule has 0 saturated heterocycles. The minimum atomic E-state index is -0.533. The van der Waals surface area contributed by atoms with Crippen LogP contribution >= 0.6 is 0 Å². The van der Waals surface area contributed by atoms with Crippen molar-refractivity contribution in [3.05, 3.63) is 0 Å². The van der Waals surface area contributed by atoms with Crippen LogP contribution in [0, 0.1) is 18.3 Å². The molecule has 4 nitrogen and oxygen atoms in total. The van der Waals surface area contributed by atoms with Crippen molar-refractivity contribution >= 4 is 11.9 Å². The molecule has 0 aromatic heterocycles. The number of hydrogen-bond donors (Lipinski definition) is 1. The highest BCUT2D eigenvalue weighted by atomic mass is 16.6. The Labute approximate surface area is 102 Å². The number of rotatable bonds is 2. The molecule has 1 aliphatic carbocycles. The molecule has 4 heteroatoms. The Morgan fingerprint density at radius 2 is 2.00 bits per heavy atom. The highest BCUT2D eigenvalue weighted by Gasteiger charge is 2.34. The Morgan fingerprint density at radius 1 is 1.35 bits per heavy atom. The van der Waals surface area contributed by atoms with Crippen LogP contribution in [0.4, 0.5) is 4.79 Å². The van der Waals surface area contributed by atoms with Gasteiger partial charge >= 0.3 is 6.09 Å². The van der Waals surface area contributed by atoms with Crippen molar-refractivity contribution in [2.75, 3.05) is 0 Å². The number of carbonyl (C=O) groups excluding carboxylic acids is 2. The molecule has 1 fully saturated rings. The molecule has 1 saturated carbocycles. The summed E-state index contributed by atoms with van der Waals surface area (Å²) in [6.07, 6.45) is 7.03. The predicted molar refractivity (Wildman–Crippen MR) is 64.3 cm³/mol. The lowest BCUT2D eigenvalue weighted by atomic mass is 9.99. The summed E-state index contributed by atoms with van der Waals surface area (Å²) < 4.78 is 5.15. The molecule has 0 aliphatic heterocycles. The second kappa shape index (κ2) is 5.22. The molecule has 1 N–H and O–H groups in total. The van der Waals surface area contributed by atoms with E-state index in [9.17, 15) is 9.59 Å². The number of hydrogen-bond acceptors (Lipinski definition) is 3. The average molecular weight is 237 g/mol. The molecule has 1 amide bonds. The van der Waals surface area contributed by atoms with E-state index in [0.717, 1.165) is 19.3 Å². The van der Waals surface area contributed by atoms with Crippen LogP contribution in [0.5, 0.6) is 0 Å². The average Bonchev–Trinajstić information content (AvgIpc) is 2.61. The monoisotopic (exact) mass is 237 g/mol. The maximum atomic E-state index is 11.6. The van der Waals surface area contributed by atoms with Crippen LogP contribution in [0.25, 0.3) is 0 Å². The van der Waals surface area contributed by atoms with Gasteiger partial charge in [-0.05, 0) is 39.5 Å². The third-order valence-electron chi connectivity index (χ3n) is 2.70. The van der Waals surface area contributed by atoms with E-state index in [1.165, 1.54) is 0 Å². The SMILES string of the molecule is C#CC(=O)[C@H]1CCC[C@H]1NC(=O)OC(C)(C)C. The van der Waals surface area contributed by atoms with Crippen LogP contribution in [0.1, 0.15) is 40.0 Å². The maximum absolute atomic E-state index is 11.6. The van der Waals surface area contributed by atoms with Gasteiger partial charge in [-0.2, -0.15) is 0 Å². The van der Waals surface area contributed by atoms with Gasteiger partial charge in [0.05, 0.1) is 5.92 Å². The first-order valence-electron chi connectivity index (χ1n) is 5.83. The summed E-state index contributed by atoms with van der Waals surface area (Å²) in [6, 6.07) is -0.187. The number of Topliss-reactive ketones (excluding diaryl/α,β-unsaturated/α-hetero) is 1. The first-order chi connectivity index (χ1) is 7.83. The van der Waals surface area contributed by atoms with Crippen LogP contribution < -0.4 is 5.32 Å². The number of ketones is 1. The molecule has 1 aliphatic rings. The zero-order valence-electron chi connectivity index (χ0n) is 10.6. The van der Waals surface area contributed by atoms with Crippen molar-refractivity contribution in [3.63, 3.8) is 0 Å². The standard InChI is InChI=1S/C13H19NO3/c1-5-11(15)9-7-6-8-10(9)14-12(16)17-13(2,3)4/h1,9-10H,6-8H2,2-4H3,(H,14,16)/t9-,10+/m0/s1. The Morgan fingerprint density at radius 3 is 2.53 bits per heavy atom. The van der Waals surface area contributed by atoms with Gasteiger partial charge in [-0.15, -0.1) is 6.42 Å². The van der Waals surface area contributed by atoms with E-state index in [1.54, 1.807) is 20.8 Å². The van der Waals surface area contributed by atoms with E-state index in [1.807, 2.05) is 0 Å². The fourth-order valence-corrected chi connectivity index (χ4v) is 2.01. The van der Waals surface area contributed by atoms with Crippen LogP contribution in [0.3, 0.4) is 0 Å². The van der Waals surface area contributed by atoms with Crippen molar-refractivity contribution in [1.29, 1.82) is 0 Å². The molecule has 0 unspecified atom stereocenters. The van der Waals surface area contributed by atoms with Gasteiger partial charge < -0.3 is 10.1 Å². The van der Waals surface area contributed by atoms with Gasteiger partial charge in [0.25, 0.3) is 0 Å². The molecule has 0 spiro atoms. The van der Waals surface area contributed by atoms with Crippen LogP contribution in [-0.4, -0.2) is 23.5 Å². The van der Waals surface area contributed by atoms with Crippen LogP contribution in [0.2, 0.25) is 0 Å². The lowest BCUT2D eigenvalue weighted by Crippen LogP contribution is -2.42. The summed E-state index contributed by atoms with van der Waals surface area (Å²) in [5.41, 5.74) is -0.533. The first-order valence-corrected chi connectivity index (χ1v) is 5.83. The maximum Gasteiger partial charge on any atom is 0.407 e. The van der Waals surface area contributed by atoms with Gasteiger partial charge in [0, 0.05) is 6.04 Å². The molecule has 0 heterocycles. The zero-order chi connectivity index (χ0) is 13.1. The van der Waals surface area contributed by atoms with E-state index in [0.29, 0.717) is 0 Å². The molecular formula is C13H19NO3. The molecule has 0 radical (unpaired) electrons. The summed E-state index contributed by atoms with van der Waals surface area (Å²) in [4.78, 5) is 23.0. The lowest BCUT2D eigenvalue weighted by molar-refractivity contribution is -0.117. The highest BCUT2D eigenvalue weighted by molar-refractivity contribution is 5.97. The third kappa shape index (κ3) is 4.10. The fraction of sp³-hybridized carbons (Fsp3) is 0.692. The zero-order valence-corrected chi connectivity index (χ0v) is 10.6. The number of alkyl carbamates (subject to hydrolysis) is 1. The van der Waals surface area contributed by atoms with Crippen molar-refractivity contribution in [2.45, 2.75) is 51.7 Å². The van der Waals surface area contributed by atoms with E-state index in [-0.39, 0.29) is 17.7 Å². The van der Waals surface area contributed by atoms with Gasteiger partial charge in [-0.25, -0.2) is 4.79 Å². The van der Waals surface area contributed by atoms with Crippen molar-refractivity contribution in [3.8, 4) is 12.3 Å². The summed E-state index contributed by atoms with van der Waals surface area (Å²) in [7, 11) is 0. The summed E-state index contributed by atoms with van der Waals surface area (Å²) in [5.74, 6) is 1.64. The number of nitrogens with one attached hydrogen (secondary N) is 1. The Kier molecular flexibility index (Phi) is 4.17. The molecule has 0 aromatic carbocycles. The molecular weight excluding hydrogens is 218 g/mol. The van der Waals surface area contributed by atoms with Gasteiger partial charge in [0.2, 0.25) is 5.78 Å². The molecule has 0 bridgehead atoms. The fourth-order valence-electron chi connectivity index (χ4n) is 2.01. The van der Waals surface area contributed by atoms with Crippen LogP contribution in [0.15, 0.2) is 0 Å². The molecule has 94 valence electrons. The minimum Gasteiger partial charge on any atom is -0.444 e.